The molecule has 136 valence electrons. The van der Waals surface area contributed by atoms with Gasteiger partial charge in [-0.3, -0.25) is 9.80 Å². The summed E-state index contributed by atoms with van der Waals surface area (Å²) in [6.45, 7) is 10.4. The molecule has 5 nitrogen and oxygen atoms in total. The van der Waals surface area contributed by atoms with E-state index in [1.165, 1.54) is 38.6 Å². The highest BCUT2D eigenvalue weighted by Crippen LogP contribution is 2.33. The van der Waals surface area contributed by atoms with Gasteiger partial charge >= 0.3 is 0 Å². The van der Waals surface area contributed by atoms with Crippen LogP contribution in [0.3, 0.4) is 0 Å². The predicted octanol–water partition coefficient (Wildman–Crippen LogP) is 2.65. The Balaban J connectivity index is 1.52. The van der Waals surface area contributed by atoms with E-state index in [0.717, 1.165) is 37.9 Å². The molecule has 0 amide bonds. The summed E-state index contributed by atoms with van der Waals surface area (Å²) in [4.78, 5) is 13.0. The summed E-state index contributed by atoms with van der Waals surface area (Å²) in [5.41, 5.74) is 0.280. The van der Waals surface area contributed by atoms with Gasteiger partial charge in [0.2, 0.25) is 0 Å². The third-order valence-electron chi connectivity index (χ3n) is 6.12. The number of piperazine rings is 1. The summed E-state index contributed by atoms with van der Waals surface area (Å²) < 4.78 is 0. The van der Waals surface area contributed by atoms with Crippen molar-refractivity contribution in [1.29, 1.82) is 0 Å². The van der Waals surface area contributed by atoms with Gasteiger partial charge in [-0.25, -0.2) is 4.98 Å². The molecule has 0 spiro atoms. The minimum atomic E-state index is 0.280. The third-order valence-corrected chi connectivity index (χ3v) is 6.12. The van der Waals surface area contributed by atoms with Crippen LogP contribution in [0.4, 0.5) is 0 Å². The Morgan fingerprint density at radius 2 is 2.08 bits per heavy atom. The lowest BCUT2D eigenvalue weighted by Gasteiger charge is -2.45. The average Bonchev–Trinajstić information content (AvgIpc) is 3.09. The van der Waals surface area contributed by atoms with Crippen molar-refractivity contribution in [2.24, 2.45) is 5.92 Å². The molecule has 2 heterocycles. The van der Waals surface area contributed by atoms with Crippen LogP contribution in [0.5, 0.6) is 0 Å². The molecule has 0 bridgehead atoms. The van der Waals surface area contributed by atoms with E-state index in [1.807, 2.05) is 12.4 Å². The number of hydrogen-bond acceptors (Lipinski definition) is 4. The highest BCUT2D eigenvalue weighted by atomic mass is 15.3. The molecule has 2 fully saturated rings. The van der Waals surface area contributed by atoms with Crippen molar-refractivity contribution in [3.05, 3.63) is 18.2 Å². The van der Waals surface area contributed by atoms with Gasteiger partial charge in [0.15, 0.2) is 0 Å². The van der Waals surface area contributed by atoms with E-state index in [1.54, 1.807) is 0 Å². The Morgan fingerprint density at radius 1 is 1.29 bits per heavy atom. The summed E-state index contributed by atoms with van der Waals surface area (Å²) in [6, 6.07) is 0.390. The van der Waals surface area contributed by atoms with E-state index >= 15 is 0 Å². The lowest BCUT2D eigenvalue weighted by atomic mass is 9.83. The summed E-state index contributed by atoms with van der Waals surface area (Å²) in [5.74, 6) is 1.86. The molecule has 1 aliphatic carbocycles. The monoisotopic (exact) mass is 333 g/mol. The maximum Gasteiger partial charge on any atom is 0.123 e. The quantitative estimate of drug-likeness (QED) is 0.840. The highest BCUT2D eigenvalue weighted by molar-refractivity contribution is 4.99. The van der Waals surface area contributed by atoms with Crippen LogP contribution in [0.25, 0.3) is 0 Å². The predicted molar refractivity (Wildman–Crippen MR) is 99.1 cm³/mol. The number of likely N-dealkylation sites (N-methyl/N-ethyl adjacent to an activating group) is 1. The van der Waals surface area contributed by atoms with E-state index in [9.17, 15) is 0 Å². The second-order valence-corrected chi connectivity index (χ2v) is 8.31. The summed E-state index contributed by atoms with van der Waals surface area (Å²) >= 11 is 0. The number of aromatic nitrogens is 2. The van der Waals surface area contributed by atoms with Crippen molar-refractivity contribution < 1.29 is 0 Å². The van der Waals surface area contributed by atoms with E-state index in [2.05, 4.69) is 46.0 Å². The first kappa shape index (κ1) is 17.9. The molecule has 1 unspecified atom stereocenters. The van der Waals surface area contributed by atoms with Crippen LogP contribution < -0.4 is 5.32 Å². The lowest BCUT2D eigenvalue weighted by molar-refractivity contribution is 0.0399. The van der Waals surface area contributed by atoms with Gasteiger partial charge in [-0.05, 0) is 39.7 Å². The van der Waals surface area contributed by atoms with Crippen LogP contribution in [-0.4, -0.2) is 65.1 Å². The number of aromatic amines is 1. The molecule has 1 atom stereocenters. The fourth-order valence-electron chi connectivity index (χ4n) is 4.31. The van der Waals surface area contributed by atoms with Crippen LogP contribution in [0.1, 0.15) is 57.8 Å². The molecule has 2 N–H and O–H groups in total. The smallest absolute Gasteiger partial charge is 0.123 e. The number of H-pyrrole nitrogens is 1. The lowest BCUT2D eigenvalue weighted by Crippen LogP contribution is -2.58. The zero-order valence-corrected chi connectivity index (χ0v) is 15.7. The van der Waals surface area contributed by atoms with E-state index in [0.29, 0.717) is 6.04 Å². The van der Waals surface area contributed by atoms with Crippen molar-refractivity contribution in [3.8, 4) is 0 Å². The molecule has 1 saturated heterocycles. The Bertz CT molecular complexity index is 478. The summed E-state index contributed by atoms with van der Waals surface area (Å²) in [6.07, 6.45) is 10.6. The van der Waals surface area contributed by atoms with Gasteiger partial charge < -0.3 is 10.3 Å². The van der Waals surface area contributed by atoms with E-state index in [-0.39, 0.29) is 5.54 Å². The summed E-state index contributed by atoms with van der Waals surface area (Å²) in [7, 11) is 2.24. The van der Waals surface area contributed by atoms with Crippen molar-refractivity contribution in [2.75, 3.05) is 39.8 Å². The molecule has 1 aliphatic heterocycles. The zero-order chi connectivity index (χ0) is 17.0. The third kappa shape index (κ3) is 4.38. The molecule has 0 radical (unpaired) electrons. The normalized spacial score (nSPS) is 25.0. The molecule has 0 aromatic carbocycles. The first-order chi connectivity index (χ1) is 11.6. The number of hydrogen-bond donors (Lipinski definition) is 2. The van der Waals surface area contributed by atoms with Crippen LogP contribution in [-0.2, 0) is 0 Å². The standard InChI is InChI=1S/C19H35N5/c1-19(2)15-24(14-13-23(19)3)12-11-20-17(18-21-9-10-22-18)16-7-5-4-6-8-16/h9-10,16-17,20H,4-8,11-15H2,1-3H3,(H,21,22). The number of nitrogens with zero attached hydrogens (tertiary/aromatic N) is 3. The van der Waals surface area contributed by atoms with Gasteiger partial charge in [-0.1, -0.05) is 19.3 Å². The molecule has 24 heavy (non-hydrogen) atoms. The Kier molecular flexibility index (Phi) is 5.95. The van der Waals surface area contributed by atoms with Gasteiger partial charge in [0.25, 0.3) is 0 Å². The number of imidazole rings is 1. The Morgan fingerprint density at radius 3 is 2.75 bits per heavy atom. The number of nitrogens with one attached hydrogen (secondary N) is 2. The maximum atomic E-state index is 4.55. The Hall–Kier alpha value is -0.910. The van der Waals surface area contributed by atoms with Crippen molar-refractivity contribution in [3.63, 3.8) is 0 Å². The molecule has 1 aromatic heterocycles. The zero-order valence-electron chi connectivity index (χ0n) is 15.7. The van der Waals surface area contributed by atoms with Gasteiger partial charge in [-0.15, -0.1) is 0 Å². The molecule has 3 rings (SSSR count). The van der Waals surface area contributed by atoms with Crippen molar-refractivity contribution in [1.82, 2.24) is 25.1 Å². The van der Waals surface area contributed by atoms with E-state index < -0.39 is 0 Å². The molecule has 5 heteroatoms. The number of rotatable bonds is 6. The van der Waals surface area contributed by atoms with Gasteiger partial charge in [-0.2, -0.15) is 0 Å². The fraction of sp³-hybridized carbons (Fsp3) is 0.842. The Labute approximate surface area is 147 Å². The highest BCUT2D eigenvalue weighted by Gasteiger charge is 2.31. The van der Waals surface area contributed by atoms with Crippen molar-refractivity contribution >= 4 is 0 Å². The van der Waals surface area contributed by atoms with Gasteiger partial charge in [0.1, 0.15) is 5.82 Å². The first-order valence-corrected chi connectivity index (χ1v) is 9.72. The SMILES string of the molecule is CN1CCN(CCNC(c2ncc[nH]2)C2CCCCC2)CC1(C)C. The molecule has 1 aromatic rings. The first-order valence-electron chi connectivity index (χ1n) is 9.72. The van der Waals surface area contributed by atoms with Crippen LogP contribution in [0.15, 0.2) is 12.4 Å². The second kappa shape index (κ2) is 7.98. The fourth-order valence-corrected chi connectivity index (χ4v) is 4.31. The molecular weight excluding hydrogens is 298 g/mol. The molecular formula is C19H35N5. The van der Waals surface area contributed by atoms with Crippen LogP contribution in [0.2, 0.25) is 0 Å². The minimum absolute atomic E-state index is 0.280. The maximum absolute atomic E-state index is 4.55. The average molecular weight is 334 g/mol. The van der Waals surface area contributed by atoms with E-state index in [4.69, 9.17) is 0 Å². The second-order valence-electron chi connectivity index (χ2n) is 8.31. The topological polar surface area (TPSA) is 47.2 Å². The van der Waals surface area contributed by atoms with Gasteiger partial charge in [0.05, 0.1) is 6.04 Å². The van der Waals surface area contributed by atoms with Crippen LogP contribution in [0, 0.1) is 5.92 Å². The largest absolute Gasteiger partial charge is 0.347 e. The minimum Gasteiger partial charge on any atom is -0.347 e. The molecule has 2 aliphatic rings. The summed E-state index contributed by atoms with van der Waals surface area (Å²) in [5, 5.41) is 3.83. The van der Waals surface area contributed by atoms with Crippen molar-refractivity contribution in [2.45, 2.75) is 57.5 Å². The molecule has 1 saturated carbocycles. The van der Waals surface area contributed by atoms with Crippen LogP contribution >= 0.6 is 0 Å². The van der Waals surface area contributed by atoms with Gasteiger partial charge in [0, 0.05) is 50.7 Å².